The molecule has 0 aliphatic carbocycles. The highest BCUT2D eigenvalue weighted by atomic mass is 16.5. The fourth-order valence-corrected chi connectivity index (χ4v) is 1.81. The summed E-state index contributed by atoms with van der Waals surface area (Å²) in [4.78, 5) is 23.5. The quantitative estimate of drug-likeness (QED) is 0.576. The van der Waals surface area contributed by atoms with Gasteiger partial charge in [-0.1, -0.05) is 13.3 Å². The highest BCUT2D eigenvalue weighted by Crippen LogP contribution is 2.14. The van der Waals surface area contributed by atoms with Gasteiger partial charge in [0, 0.05) is 6.54 Å². The van der Waals surface area contributed by atoms with Crippen LogP contribution in [0.4, 0.5) is 5.69 Å². The highest BCUT2D eigenvalue weighted by molar-refractivity contribution is 5.83. The summed E-state index contributed by atoms with van der Waals surface area (Å²) in [7, 11) is 0. The second kappa shape index (κ2) is 7.66. The van der Waals surface area contributed by atoms with Gasteiger partial charge in [-0.3, -0.25) is 14.3 Å². The van der Waals surface area contributed by atoms with Crippen molar-refractivity contribution in [2.75, 3.05) is 12.3 Å². The van der Waals surface area contributed by atoms with Crippen LogP contribution in [0, 0.1) is 13.8 Å². The number of nitrogens with one attached hydrogen (secondary N) is 1. The number of esters is 1. The molecule has 0 bridgehead atoms. The standard InChI is InChI=1S/C14H24N4O3/c1-5-6-7-16-14(20)11(4)21-12(19)8-18-10(3)13(15)9(2)17-18/h11H,5-8,15H2,1-4H3,(H,16,20). The Morgan fingerprint density at radius 2 is 2.10 bits per heavy atom. The van der Waals surface area contributed by atoms with Crippen LogP contribution in [-0.4, -0.2) is 34.3 Å². The maximum Gasteiger partial charge on any atom is 0.328 e. The highest BCUT2D eigenvalue weighted by Gasteiger charge is 2.19. The first-order valence-corrected chi connectivity index (χ1v) is 7.13. The molecule has 1 unspecified atom stereocenters. The Morgan fingerprint density at radius 3 is 2.62 bits per heavy atom. The molecule has 7 nitrogen and oxygen atoms in total. The summed E-state index contributed by atoms with van der Waals surface area (Å²) in [5, 5.41) is 6.87. The van der Waals surface area contributed by atoms with E-state index < -0.39 is 12.1 Å². The number of aromatic nitrogens is 2. The molecule has 0 aromatic carbocycles. The van der Waals surface area contributed by atoms with Gasteiger partial charge in [-0.25, -0.2) is 0 Å². The van der Waals surface area contributed by atoms with Crippen molar-refractivity contribution in [1.82, 2.24) is 15.1 Å². The molecule has 0 aliphatic heterocycles. The molecule has 0 aliphatic rings. The normalized spacial score (nSPS) is 12.0. The number of carbonyl (C=O) groups excluding carboxylic acids is 2. The summed E-state index contributed by atoms with van der Waals surface area (Å²) in [6.07, 6.45) is 1.08. The molecule has 1 amide bonds. The number of rotatable bonds is 7. The van der Waals surface area contributed by atoms with E-state index in [1.54, 1.807) is 20.8 Å². The fourth-order valence-electron chi connectivity index (χ4n) is 1.81. The number of amides is 1. The van der Waals surface area contributed by atoms with E-state index in [1.165, 1.54) is 4.68 Å². The monoisotopic (exact) mass is 296 g/mol. The van der Waals surface area contributed by atoms with Gasteiger partial charge >= 0.3 is 5.97 Å². The number of carbonyl (C=O) groups is 2. The molecule has 0 fully saturated rings. The van der Waals surface area contributed by atoms with Crippen molar-refractivity contribution in [1.29, 1.82) is 0 Å². The minimum Gasteiger partial charge on any atom is -0.451 e. The average Bonchev–Trinajstić information content (AvgIpc) is 2.66. The van der Waals surface area contributed by atoms with Crippen LogP contribution in [0.3, 0.4) is 0 Å². The lowest BCUT2D eigenvalue weighted by molar-refractivity contribution is -0.155. The van der Waals surface area contributed by atoms with Gasteiger partial charge in [0.15, 0.2) is 6.10 Å². The second-order valence-electron chi connectivity index (χ2n) is 5.02. The topological polar surface area (TPSA) is 99.2 Å². The summed E-state index contributed by atoms with van der Waals surface area (Å²) >= 11 is 0. The van der Waals surface area contributed by atoms with Crippen LogP contribution in [-0.2, 0) is 20.9 Å². The minimum absolute atomic E-state index is 0.0591. The number of nitrogen functional groups attached to an aromatic ring is 1. The molecule has 1 rings (SSSR count). The van der Waals surface area contributed by atoms with Crippen LogP contribution in [0.15, 0.2) is 0 Å². The molecule has 1 aromatic rings. The molecule has 3 N–H and O–H groups in total. The molecule has 118 valence electrons. The van der Waals surface area contributed by atoms with E-state index in [2.05, 4.69) is 10.4 Å². The van der Waals surface area contributed by atoms with Gasteiger partial charge in [0.25, 0.3) is 5.91 Å². The van der Waals surface area contributed by atoms with E-state index in [-0.39, 0.29) is 12.5 Å². The van der Waals surface area contributed by atoms with Crippen molar-refractivity contribution < 1.29 is 14.3 Å². The van der Waals surface area contributed by atoms with E-state index in [1.807, 2.05) is 6.92 Å². The number of nitrogens with two attached hydrogens (primary N) is 1. The molecular formula is C14H24N4O3. The first kappa shape index (κ1) is 17.0. The molecular weight excluding hydrogens is 272 g/mol. The average molecular weight is 296 g/mol. The van der Waals surface area contributed by atoms with Crippen molar-refractivity contribution in [3.63, 3.8) is 0 Å². The lowest BCUT2D eigenvalue weighted by Crippen LogP contribution is -2.37. The smallest absolute Gasteiger partial charge is 0.328 e. The third kappa shape index (κ3) is 4.77. The van der Waals surface area contributed by atoms with Gasteiger partial charge in [-0.05, 0) is 27.2 Å². The van der Waals surface area contributed by atoms with E-state index >= 15 is 0 Å². The van der Waals surface area contributed by atoms with Gasteiger partial charge < -0.3 is 15.8 Å². The molecule has 1 heterocycles. The zero-order valence-corrected chi connectivity index (χ0v) is 13.1. The number of unbranched alkanes of at least 4 members (excludes halogenated alkanes) is 1. The van der Waals surface area contributed by atoms with Crippen molar-refractivity contribution >= 4 is 17.6 Å². The molecule has 0 saturated carbocycles. The number of anilines is 1. The summed E-state index contributed by atoms with van der Waals surface area (Å²) in [6, 6.07) is 0. The predicted octanol–water partition coefficient (Wildman–Crippen LogP) is 0.930. The van der Waals surface area contributed by atoms with Gasteiger partial charge in [0.2, 0.25) is 0 Å². The van der Waals surface area contributed by atoms with Crippen LogP contribution in [0.1, 0.15) is 38.1 Å². The van der Waals surface area contributed by atoms with Gasteiger partial charge in [0.1, 0.15) is 6.54 Å². The Kier molecular flexibility index (Phi) is 6.20. The van der Waals surface area contributed by atoms with Gasteiger partial charge in [-0.15, -0.1) is 0 Å². The van der Waals surface area contributed by atoms with Crippen LogP contribution >= 0.6 is 0 Å². The Bertz CT molecular complexity index is 511. The second-order valence-corrected chi connectivity index (χ2v) is 5.02. The Labute approximate surface area is 124 Å². The minimum atomic E-state index is -0.816. The lowest BCUT2D eigenvalue weighted by atomic mass is 10.3. The molecule has 0 saturated heterocycles. The zero-order valence-electron chi connectivity index (χ0n) is 13.1. The third-order valence-electron chi connectivity index (χ3n) is 3.22. The summed E-state index contributed by atoms with van der Waals surface area (Å²) < 4.78 is 6.58. The number of hydrogen-bond donors (Lipinski definition) is 2. The largest absolute Gasteiger partial charge is 0.451 e. The van der Waals surface area contributed by atoms with Crippen molar-refractivity contribution in [3.8, 4) is 0 Å². The Balaban J connectivity index is 2.49. The van der Waals surface area contributed by atoms with Crippen LogP contribution in [0.25, 0.3) is 0 Å². The van der Waals surface area contributed by atoms with Crippen LogP contribution < -0.4 is 11.1 Å². The number of nitrogens with zero attached hydrogens (tertiary/aromatic N) is 2. The van der Waals surface area contributed by atoms with Gasteiger partial charge in [-0.2, -0.15) is 5.10 Å². The maximum atomic E-state index is 11.8. The summed E-state index contributed by atoms with van der Waals surface area (Å²) in [6.45, 7) is 7.67. The zero-order chi connectivity index (χ0) is 16.0. The Morgan fingerprint density at radius 1 is 1.43 bits per heavy atom. The fraction of sp³-hybridized carbons (Fsp3) is 0.643. The number of hydrogen-bond acceptors (Lipinski definition) is 5. The lowest BCUT2D eigenvalue weighted by Gasteiger charge is -2.13. The van der Waals surface area contributed by atoms with Crippen molar-refractivity contribution in [3.05, 3.63) is 11.4 Å². The predicted molar refractivity (Wildman–Crippen MR) is 79.6 cm³/mol. The van der Waals surface area contributed by atoms with Crippen molar-refractivity contribution in [2.45, 2.75) is 53.2 Å². The molecule has 1 aromatic heterocycles. The van der Waals surface area contributed by atoms with E-state index in [4.69, 9.17) is 10.5 Å². The Hall–Kier alpha value is -2.05. The van der Waals surface area contributed by atoms with Crippen LogP contribution in [0.5, 0.6) is 0 Å². The number of aryl methyl sites for hydroxylation is 1. The van der Waals surface area contributed by atoms with Gasteiger partial charge in [0.05, 0.1) is 17.1 Å². The first-order chi connectivity index (χ1) is 9.86. The molecule has 0 spiro atoms. The number of ether oxygens (including phenoxy) is 1. The molecule has 0 radical (unpaired) electrons. The van der Waals surface area contributed by atoms with Crippen molar-refractivity contribution in [2.24, 2.45) is 0 Å². The van der Waals surface area contributed by atoms with Crippen LogP contribution in [0.2, 0.25) is 0 Å². The summed E-state index contributed by atoms with van der Waals surface area (Å²) in [5.74, 6) is -0.802. The van der Waals surface area contributed by atoms with E-state index in [0.29, 0.717) is 23.6 Å². The van der Waals surface area contributed by atoms with E-state index in [9.17, 15) is 9.59 Å². The molecule has 21 heavy (non-hydrogen) atoms. The SMILES string of the molecule is CCCCNC(=O)C(C)OC(=O)Cn1nc(C)c(N)c1C. The van der Waals surface area contributed by atoms with E-state index in [0.717, 1.165) is 12.8 Å². The molecule has 1 atom stereocenters. The summed E-state index contributed by atoms with van der Waals surface area (Å²) in [5.41, 5.74) is 7.74. The first-order valence-electron chi connectivity index (χ1n) is 7.13. The molecule has 7 heteroatoms. The maximum absolute atomic E-state index is 11.8. The third-order valence-corrected chi connectivity index (χ3v) is 3.22.